The van der Waals surface area contributed by atoms with Gasteiger partial charge in [-0.1, -0.05) is 92.1 Å². The van der Waals surface area contributed by atoms with Crippen LogP contribution in [-0.4, -0.2) is 24.0 Å². The molecule has 33 heavy (non-hydrogen) atoms. The summed E-state index contributed by atoms with van der Waals surface area (Å²) in [5.41, 5.74) is 3.37. The highest BCUT2D eigenvalue weighted by Crippen LogP contribution is 2.28. The van der Waals surface area contributed by atoms with Crippen molar-refractivity contribution >= 4 is 5.91 Å². The van der Waals surface area contributed by atoms with Crippen LogP contribution in [0.1, 0.15) is 54.8 Å². The zero-order valence-corrected chi connectivity index (χ0v) is 19.5. The maximum Gasteiger partial charge on any atom is 0.242 e. The van der Waals surface area contributed by atoms with Crippen molar-refractivity contribution in [3.8, 4) is 5.75 Å². The van der Waals surface area contributed by atoms with Gasteiger partial charge in [0.1, 0.15) is 11.8 Å². The molecular formula is C29H34N2O2. The highest BCUT2D eigenvalue weighted by atomic mass is 16.5. The summed E-state index contributed by atoms with van der Waals surface area (Å²) < 4.78 is 5.37. The molecule has 4 nitrogen and oxygen atoms in total. The number of ether oxygens (including phenoxy) is 1. The fourth-order valence-electron chi connectivity index (χ4n) is 4.72. The van der Waals surface area contributed by atoms with Gasteiger partial charge in [-0.25, -0.2) is 0 Å². The number of benzene rings is 3. The van der Waals surface area contributed by atoms with Crippen molar-refractivity contribution in [3.05, 3.63) is 102 Å². The second-order valence-corrected chi connectivity index (χ2v) is 8.90. The Labute approximate surface area is 197 Å². The molecular weight excluding hydrogens is 408 g/mol. The van der Waals surface area contributed by atoms with Crippen molar-refractivity contribution in [2.45, 2.75) is 57.3 Å². The molecule has 0 unspecified atom stereocenters. The zero-order valence-electron chi connectivity index (χ0n) is 19.5. The van der Waals surface area contributed by atoms with Gasteiger partial charge in [-0.2, -0.15) is 0 Å². The molecule has 1 atom stereocenters. The molecule has 0 bridgehead atoms. The topological polar surface area (TPSA) is 41.6 Å². The highest BCUT2D eigenvalue weighted by molar-refractivity contribution is 5.83. The number of hydrogen-bond donors (Lipinski definition) is 1. The number of carbonyl (C=O) groups excluding carboxylic acids is 1. The van der Waals surface area contributed by atoms with E-state index < -0.39 is 6.04 Å². The van der Waals surface area contributed by atoms with Crippen molar-refractivity contribution in [1.29, 1.82) is 0 Å². The molecule has 172 valence electrons. The van der Waals surface area contributed by atoms with Gasteiger partial charge in [0.05, 0.1) is 7.11 Å². The van der Waals surface area contributed by atoms with Crippen molar-refractivity contribution in [1.82, 2.24) is 10.2 Å². The Kier molecular flexibility index (Phi) is 8.15. The van der Waals surface area contributed by atoms with E-state index in [2.05, 4.69) is 58.7 Å². The molecule has 0 heterocycles. The molecule has 1 aliphatic rings. The fraction of sp³-hybridized carbons (Fsp3) is 0.345. The summed E-state index contributed by atoms with van der Waals surface area (Å²) in [5, 5.41) is 3.39. The number of hydrogen-bond acceptors (Lipinski definition) is 3. The van der Waals surface area contributed by atoms with Crippen LogP contribution in [0.4, 0.5) is 0 Å². The lowest BCUT2D eigenvalue weighted by Gasteiger charge is -2.33. The summed E-state index contributed by atoms with van der Waals surface area (Å²) in [5.74, 6) is 0.877. The molecule has 1 N–H and O–H groups in total. The molecule has 3 aromatic carbocycles. The van der Waals surface area contributed by atoms with Crippen molar-refractivity contribution in [2.75, 3.05) is 7.11 Å². The molecule has 1 amide bonds. The molecule has 0 aromatic heterocycles. The number of nitrogens with zero attached hydrogens (tertiary/aromatic N) is 1. The Balaban J connectivity index is 1.67. The maximum atomic E-state index is 13.8. The molecule has 0 aliphatic heterocycles. The van der Waals surface area contributed by atoms with Crippen LogP contribution in [0.2, 0.25) is 0 Å². The van der Waals surface area contributed by atoms with Gasteiger partial charge in [0, 0.05) is 19.1 Å². The number of amides is 1. The number of nitrogens with one attached hydrogen (secondary N) is 1. The van der Waals surface area contributed by atoms with Crippen LogP contribution in [0.25, 0.3) is 0 Å². The first-order valence-electron chi connectivity index (χ1n) is 12.0. The Morgan fingerprint density at radius 2 is 1.39 bits per heavy atom. The van der Waals surface area contributed by atoms with Crippen LogP contribution in [-0.2, 0) is 17.9 Å². The third-order valence-electron chi connectivity index (χ3n) is 6.45. The summed E-state index contributed by atoms with van der Waals surface area (Å²) in [4.78, 5) is 16.1. The first-order chi connectivity index (χ1) is 16.2. The second-order valence-electron chi connectivity index (χ2n) is 8.90. The minimum absolute atomic E-state index is 0.0823. The first-order valence-corrected chi connectivity index (χ1v) is 12.0. The van der Waals surface area contributed by atoms with Crippen LogP contribution < -0.4 is 10.1 Å². The van der Waals surface area contributed by atoms with Gasteiger partial charge in [0.2, 0.25) is 5.91 Å². The fourth-order valence-corrected chi connectivity index (χ4v) is 4.72. The Morgan fingerprint density at radius 1 is 0.848 bits per heavy atom. The van der Waals surface area contributed by atoms with E-state index in [1.165, 1.54) is 30.4 Å². The van der Waals surface area contributed by atoms with Gasteiger partial charge in [0.15, 0.2) is 0 Å². The largest absolute Gasteiger partial charge is 0.497 e. The number of carbonyl (C=O) groups is 1. The highest BCUT2D eigenvalue weighted by Gasteiger charge is 2.30. The normalized spacial score (nSPS) is 15.2. The van der Waals surface area contributed by atoms with Gasteiger partial charge in [0.25, 0.3) is 0 Å². The van der Waals surface area contributed by atoms with Crippen molar-refractivity contribution < 1.29 is 9.53 Å². The molecule has 3 aromatic rings. The summed E-state index contributed by atoms with van der Waals surface area (Å²) in [6.45, 7) is 1.37. The third kappa shape index (κ3) is 6.45. The van der Waals surface area contributed by atoms with Gasteiger partial charge in [-0.15, -0.1) is 0 Å². The Morgan fingerprint density at radius 3 is 1.91 bits per heavy atom. The average molecular weight is 443 g/mol. The summed E-state index contributed by atoms with van der Waals surface area (Å²) >= 11 is 0. The lowest BCUT2D eigenvalue weighted by Crippen LogP contribution is -2.44. The van der Waals surface area contributed by atoms with Crippen LogP contribution in [0, 0.1) is 0 Å². The summed E-state index contributed by atoms with van der Waals surface area (Å²) in [6.07, 6.45) is 5.78. The molecule has 4 rings (SSSR count). The summed E-state index contributed by atoms with van der Waals surface area (Å²) in [7, 11) is 1.67. The first kappa shape index (κ1) is 23.1. The monoisotopic (exact) mass is 442 g/mol. The van der Waals surface area contributed by atoms with Gasteiger partial charge >= 0.3 is 0 Å². The maximum absolute atomic E-state index is 13.8. The minimum atomic E-state index is -0.391. The molecule has 1 aliphatic carbocycles. The van der Waals surface area contributed by atoms with E-state index in [9.17, 15) is 4.79 Å². The van der Waals surface area contributed by atoms with E-state index in [1.807, 2.05) is 36.4 Å². The lowest BCUT2D eigenvalue weighted by molar-refractivity contribution is -0.128. The SMILES string of the molecule is COc1ccc([C@H](C(=O)NC2CCCCC2)N(Cc2ccccc2)Cc2ccccc2)cc1. The standard InChI is InChI=1S/C29H34N2O2/c1-33-27-19-17-25(18-20-27)28(29(32)30-26-15-9-4-10-16-26)31(21-23-11-5-2-6-12-23)22-24-13-7-3-8-14-24/h2-3,5-8,11-14,17-20,26,28H,4,9-10,15-16,21-22H2,1H3,(H,30,32)/t28-/m1/s1. The number of methoxy groups -OCH3 is 1. The van der Waals surface area contributed by atoms with E-state index in [1.54, 1.807) is 7.11 Å². The molecule has 0 radical (unpaired) electrons. The Hall–Kier alpha value is -3.11. The second kappa shape index (κ2) is 11.7. The van der Waals surface area contributed by atoms with E-state index in [0.29, 0.717) is 13.1 Å². The number of rotatable bonds is 9. The van der Waals surface area contributed by atoms with E-state index >= 15 is 0 Å². The van der Waals surface area contributed by atoms with Crippen molar-refractivity contribution in [3.63, 3.8) is 0 Å². The van der Waals surface area contributed by atoms with Gasteiger partial charge in [-0.05, 0) is 41.7 Å². The lowest BCUT2D eigenvalue weighted by atomic mass is 9.94. The zero-order chi connectivity index (χ0) is 22.9. The molecule has 4 heteroatoms. The summed E-state index contributed by atoms with van der Waals surface area (Å²) in [6, 6.07) is 28.6. The smallest absolute Gasteiger partial charge is 0.242 e. The Bertz CT molecular complexity index is 942. The van der Waals surface area contributed by atoms with Gasteiger partial charge < -0.3 is 10.1 Å². The van der Waals surface area contributed by atoms with E-state index in [4.69, 9.17) is 4.74 Å². The van der Waals surface area contributed by atoms with Crippen LogP contribution in [0.15, 0.2) is 84.9 Å². The van der Waals surface area contributed by atoms with Crippen molar-refractivity contribution in [2.24, 2.45) is 0 Å². The molecule has 1 saturated carbocycles. The molecule has 0 spiro atoms. The third-order valence-corrected chi connectivity index (χ3v) is 6.45. The minimum Gasteiger partial charge on any atom is -0.497 e. The van der Waals surface area contributed by atoms with Crippen LogP contribution in [0.3, 0.4) is 0 Å². The van der Waals surface area contributed by atoms with E-state index in [-0.39, 0.29) is 11.9 Å². The molecule has 1 fully saturated rings. The average Bonchev–Trinajstić information content (AvgIpc) is 2.86. The quantitative estimate of drug-likeness (QED) is 0.449. The predicted octanol–water partition coefficient (Wildman–Crippen LogP) is 5.89. The van der Waals surface area contributed by atoms with Gasteiger partial charge in [-0.3, -0.25) is 9.69 Å². The van der Waals surface area contributed by atoms with Crippen LogP contribution >= 0.6 is 0 Å². The van der Waals surface area contributed by atoms with E-state index in [0.717, 1.165) is 24.2 Å². The predicted molar refractivity (Wildman–Crippen MR) is 133 cm³/mol. The van der Waals surface area contributed by atoms with Crippen LogP contribution in [0.5, 0.6) is 5.75 Å². The molecule has 0 saturated heterocycles.